The first-order chi connectivity index (χ1) is 17.7. The number of hydrogen-bond donors (Lipinski definition) is 0. The van der Waals surface area contributed by atoms with Gasteiger partial charge in [-0.15, -0.1) is 0 Å². The van der Waals surface area contributed by atoms with E-state index in [-0.39, 0.29) is 0 Å². The summed E-state index contributed by atoms with van der Waals surface area (Å²) in [5.74, 6) is 0. The summed E-state index contributed by atoms with van der Waals surface area (Å²) in [6.45, 7) is 4.30. The molecule has 0 saturated heterocycles. The van der Waals surface area contributed by atoms with E-state index in [4.69, 9.17) is 0 Å². The van der Waals surface area contributed by atoms with E-state index in [2.05, 4.69) is 135 Å². The lowest BCUT2D eigenvalue weighted by Gasteiger charge is -2.19. The molecule has 7 rings (SSSR count). The highest BCUT2D eigenvalue weighted by Gasteiger charge is 2.18. The fraction of sp³-hybridized carbons (Fsp3) is 0.0556. The summed E-state index contributed by atoms with van der Waals surface area (Å²) in [6, 6.07) is 45.0. The molecule has 0 spiro atoms. The molecule has 0 aliphatic heterocycles. The lowest BCUT2D eigenvalue weighted by Crippen LogP contribution is -1.92. The highest BCUT2D eigenvalue weighted by Crippen LogP contribution is 2.45. The van der Waals surface area contributed by atoms with Gasteiger partial charge in [0.25, 0.3) is 0 Å². The summed E-state index contributed by atoms with van der Waals surface area (Å²) in [4.78, 5) is 0. The predicted molar refractivity (Wildman–Crippen MR) is 157 cm³/mol. The van der Waals surface area contributed by atoms with Gasteiger partial charge in [-0.3, -0.25) is 0 Å². The van der Waals surface area contributed by atoms with Gasteiger partial charge in [-0.2, -0.15) is 0 Å². The van der Waals surface area contributed by atoms with Gasteiger partial charge < -0.3 is 0 Å². The van der Waals surface area contributed by atoms with Crippen LogP contribution in [0, 0.1) is 13.8 Å². The van der Waals surface area contributed by atoms with E-state index in [1.165, 1.54) is 76.5 Å². The number of aryl methyl sites for hydroxylation is 2. The molecule has 0 nitrogen and oxygen atoms in total. The fourth-order valence-corrected chi connectivity index (χ4v) is 5.74. The molecule has 0 amide bonds. The van der Waals surface area contributed by atoms with Crippen LogP contribution in [0.5, 0.6) is 0 Å². The first-order valence-corrected chi connectivity index (χ1v) is 12.6. The van der Waals surface area contributed by atoms with Crippen LogP contribution in [0.1, 0.15) is 11.1 Å². The van der Waals surface area contributed by atoms with Gasteiger partial charge in [0.15, 0.2) is 0 Å². The smallest absolute Gasteiger partial charge is 0.00261 e. The van der Waals surface area contributed by atoms with E-state index in [1.807, 2.05) is 0 Å². The summed E-state index contributed by atoms with van der Waals surface area (Å²) < 4.78 is 0. The second-order valence-corrected chi connectivity index (χ2v) is 9.93. The minimum Gasteiger partial charge on any atom is -0.0616 e. The van der Waals surface area contributed by atoms with Crippen molar-refractivity contribution >= 4 is 43.1 Å². The predicted octanol–water partition coefficient (Wildman–Crippen LogP) is 10.3. The molecule has 36 heavy (non-hydrogen) atoms. The van der Waals surface area contributed by atoms with E-state index in [0.717, 1.165) is 0 Å². The normalized spacial score (nSPS) is 11.6. The van der Waals surface area contributed by atoms with Gasteiger partial charge in [0, 0.05) is 0 Å². The lowest BCUT2D eigenvalue weighted by atomic mass is 9.84. The number of fused-ring (bicyclic) bond motifs is 5. The molecule has 170 valence electrons. The average Bonchev–Trinajstić information content (AvgIpc) is 2.92. The third-order valence-electron chi connectivity index (χ3n) is 7.57. The fourth-order valence-electron chi connectivity index (χ4n) is 5.74. The van der Waals surface area contributed by atoms with Crippen LogP contribution in [0.25, 0.3) is 65.3 Å². The molecule has 0 aromatic heterocycles. The van der Waals surface area contributed by atoms with Crippen molar-refractivity contribution in [2.45, 2.75) is 13.8 Å². The Bertz CT molecular complexity index is 1920. The topological polar surface area (TPSA) is 0 Å². The molecule has 0 fully saturated rings. The number of benzene rings is 7. The van der Waals surface area contributed by atoms with Gasteiger partial charge in [-0.25, -0.2) is 0 Å². The maximum absolute atomic E-state index is 2.44. The highest BCUT2D eigenvalue weighted by atomic mass is 14.2. The molecule has 7 aromatic rings. The van der Waals surface area contributed by atoms with Gasteiger partial charge in [-0.05, 0) is 91.3 Å². The Kier molecular flexibility index (Phi) is 4.69. The Balaban J connectivity index is 1.73. The van der Waals surface area contributed by atoms with Crippen molar-refractivity contribution in [1.29, 1.82) is 0 Å². The summed E-state index contributed by atoms with van der Waals surface area (Å²) in [7, 11) is 0. The molecule has 0 bridgehead atoms. The minimum atomic E-state index is 1.26. The lowest BCUT2D eigenvalue weighted by molar-refractivity contribution is 1.47. The number of rotatable bonds is 2. The van der Waals surface area contributed by atoms with Crippen LogP contribution in [0.15, 0.2) is 121 Å². The van der Waals surface area contributed by atoms with Crippen molar-refractivity contribution in [3.63, 3.8) is 0 Å². The SMILES string of the molecule is Cc1ccc(-c2c3ccccc3c(-c3ccc(C)cc3)c3cc4c(ccc5ccccc54)cc23)cc1. The molecular weight excluding hydrogens is 432 g/mol. The van der Waals surface area contributed by atoms with Crippen molar-refractivity contribution in [2.24, 2.45) is 0 Å². The maximum atomic E-state index is 2.44. The molecule has 0 aliphatic rings. The molecule has 0 unspecified atom stereocenters. The maximum Gasteiger partial charge on any atom is -0.00261 e. The van der Waals surface area contributed by atoms with Crippen LogP contribution in [0.4, 0.5) is 0 Å². The summed E-state index contributed by atoms with van der Waals surface area (Å²) in [6.07, 6.45) is 0. The van der Waals surface area contributed by atoms with Crippen LogP contribution < -0.4 is 0 Å². The van der Waals surface area contributed by atoms with Gasteiger partial charge >= 0.3 is 0 Å². The first kappa shape index (κ1) is 20.9. The van der Waals surface area contributed by atoms with Crippen LogP contribution >= 0.6 is 0 Å². The zero-order valence-corrected chi connectivity index (χ0v) is 20.5. The standard InChI is InChI=1S/C36H26/c1-23-11-15-26(16-12-23)35-30-9-5-6-10-31(30)36(27-17-13-24(2)14-18-27)34-22-32-28(21-33(34)35)20-19-25-7-3-4-8-29(25)32/h3-22H,1-2H3. The first-order valence-electron chi connectivity index (χ1n) is 12.6. The summed E-state index contributed by atoms with van der Waals surface area (Å²) in [5, 5.41) is 10.4. The minimum absolute atomic E-state index is 1.26. The Labute approximate surface area is 211 Å². The van der Waals surface area contributed by atoms with Crippen LogP contribution in [-0.2, 0) is 0 Å². The van der Waals surface area contributed by atoms with Crippen LogP contribution in [0.2, 0.25) is 0 Å². The van der Waals surface area contributed by atoms with E-state index in [9.17, 15) is 0 Å². The third-order valence-corrected chi connectivity index (χ3v) is 7.57. The Hall–Kier alpha value is -4.42. The van der Waals surface area contributed by atoms with E-state index in [1.54, 1.807) is 0 Å². The zero-order valence-electron chi connectivity index (χ0n) is 20.5. The number of hydrogen-bond acceptors (Lipinski definition) is 0. The second-order valence-electron chi connectivity index (χ2n) is 9.93. The zero-order chi connectivity index (χ0) is 24.2. The molecule has 7 aromatic carbocycles. The molecule has 0 heterocycles. The third kappa shape index (κ3) is 3.22. The molecule has 0 atom stereocenters. The van der Waals surface area contributed by atoms with Crippen molar-refractivity contribution in [2.75, 3.05) is 0 Å². The van der Waals surface area contributed by atoms with Crippen molar-refractivity contribution in [3.05, 3.63) is 132 Å². The summed E-state index contributed by atoms with van der Waals surface area (Å²) in [5.41, 5.74) is 7.70. The molecule has 0 aliphatic carbocycles. The largest absolute Gasteiger partial charge is 0.0616 e. The highest BCUT2D eigenvalue weighted by molar-refractivity contribution is 6.25. The summed E-state index contributed by atoms with van der Waals surface area (Å²) >= 11 is 0. The van der Waals surface area contributed by atoms with Crippen LogP contribution in [-0.4, -0.2) is 0 Å². The van der Waals surface area contributed by atoms with Crippen LogP contribution in [0.3, 0.4) is 0 Å². The molecule has 0 radical (unpaired) electrons. The molecule has 0 N–H and O–H groups in total. The van der Waals surface area contributed by atoms with Crippen molar-refractivity contribution in [3.8, 4) is 22.3 Å². The van der Waals surface area contributed by atoms with E-state index >= 15 is 0 Å². The molecular formula is C36H26. The monoisotopic (exact) mass is 458 g/mol. The molecule has 0 heteroatoms. The Morgan fingerprint density at radius 2 is 0.806 bits per heavy atom. The Morgan fingerprint density at radius 3 is 1.39 bits per heavy atom. The van der Waals surface area contributed by atoms with Crippen molar-refractivity contribution < 1.29 is 0 Å². The van der Waals surface area contributed by atoms with Gasteiger partial charge in [0.05, 0.1) is 0 Å². The quantitative estimate of drug-likeness (QED) is 0.178. The molecule has 0 saturated carbocycles. The van der Waals surface area contributed by atoms with Gasteiger partial charge in [0.2, 0.25) is 0 Å². The Morgan fingerprint density at radius 1 is 0.333 bits per heavy atom. The van der Waals surface area contributed by atoms with E-state index in [0.29, 0.717) is 0 Å². The van der Waals surface area contributed by atoms with Gasteiger partial charge in [-0.1, -0.05) is 120 Å². The van der Waals surface area contributed by atoms with E-state index < -0.39 is 0 Å². The van der Waals surface area contributed by atoms with Gasteiger partial charge in [0.1, 0.15) is 0 Å². The average molecular weight is 459 g/mol. The van der Waals surface area contributed by atoms with Crippen molar-refractivity contribution in [1.82, 2.24) is 0 Å². The second kappa shape index (κ2) is 8.07.